The molecule has 2 heterocycles. The Kier molecular flexibility index (Phi) is 2.11. The maximum Gasteiger partial charge on any atom is 0.435 e. The fourth-order valence-corrected chi connectivity index (χ4v) is 1.61. The molecule has 2 aromatic rings. The first-order valence-electron chi connectivity index (χ1n) is 3.95. The van der Waals surface area contributed by atoms with Crippen molar-refractivity contribution in [2.24, 2.45) is 7.05 Å². The van der Waals surface area contributed by atoms with Gasteiger partial charge in [0.2, 0.25) is 0 Å². The van der Waals surface area contributed by atoms with E-state index in [1.807, 2.05) is 0 Å². The van der Waals surface area contributed by atoms with E-state index in [4.69, 9.17) is 11.6 Å². The Hall–Kier alpha value is -1.30. The lowest BCUT2D eigenvalue weighted by molar-refractivity contribution is -0.140. The third kappa shape index (κ3) is 1.54. The summed E-state index contributed by atoms with van der Waals surface area (Å²) in [6.45, 7) is 0. The van der Waals surface area contributed by atoms with E-state index in [9.17, 15) is 13.2 Å². The summed E-state index contributed by atoms with van der Waals surface area (Å²) in [4.78, 5) is 3.61. The average Bonchev–Trinajstić information content (AvgIpc) is 2.45. The monoisotopic (exact) mass is 235 g/mol. The van der Waals surface area contributed by atoms with E-state index in [2.05, 4.69) is 10.1 Å². The SMILES string of the molecule is Cn1nc(C(F)(F)F)c2c(Cl)nccc21. The number of rotatable bonds is 0. The van der Waals surface area contributed by atoms with Crippen molar-refractivity contribution < 1.29 is 13.2 Å². The van der Waals surface area contributed by atoms with Crippen LogP contribution in [0.1, 0.15) is 5.69 Å². The van der Waals surface area contributed by atoms with Gasteiger partial charge in [-0.1, -0.05) is 11.6 Å². The maximum atomic E-state index is 12.5. The van der Waals surface area contributed by atoms with Crippen LogP contribution in [-0.4, -0.2) is 14.8 Å². The van der Waals surface area contributed by atoms with Gasteiger partial charge in [-0.15, -0.1) is 0 Å². The summed E-state index contributed by atoms with van der Waals surface area (Å²) in [6, 6.07) is 1.43. The van der Waals surface area contributed by atoms with Gasteiger partial charge in [-0.05, 0) is 6.07 Å². The molecule has 0 bridgehead atoms. The first kappa shape index (κ1) is 10.2. The van der Waals surface area contributed by atoms with E-state index in [-0.39, 0.29) is 10.5 Å². The van der Waals surface area contributed by atoms with Crippen LogP contribution in [0.3, 0.4) is 0 Å². The molecule has 7 heteroatoms. The Morgan fingerprint density at radius 2 is 2.07 bits per heavy atom. The van der Waals surface area contributed by atoms with Crippen molar-refractivity contribution in [3.8, 4) is 0 Å². The van der Waals surface area contributed by atoms with Gasteiger partial charge in [0, 0.05) is 13.2 Å². The van der Waals surface area contributed by atoms with Crippen LogP contribution in [0.25, 0.3) is 10.9 Å². The zero-order valence-corrected chi connectivity index (χ0v) is 8.26. The van der Waals surface area contributed by atoms with Crippen LogP contribution in [-0.2, 0) is 13.2 Å². The number of hydrogen-bond acceptors (Lipinski definition) is 2. The van der Waals surface area contributed by atoms with Gasteiger partial charge in [0.05, 0.1) is 10.9 Å². The summed E-state index contributed by atoms with van der Waals surface area (Å²) >= 11 is 5.62. The summed E-state index contributed by atoms with van der Waals surface area (Å²) < 4.78 is 38.8. The van der Waals surface area contributed by atoms with Gasteiger partial charge in [-0.25, -0.2) is 4.98 Å². The van der Waals surface area contributed by atoms with Crippen molar-refractivity contribution in [3.05, 3.63) is 23.1 Å². The third-order valence-corrected chi connectivity index (χ3v) is 2.27. The highest BCUT2D eigenvalue weighted by atomic mass is 35.5. The molecule has 0 amide bonds. The highest BCUT2D eigenvalue weighted by Gasteiger charge is 2.37. The van der Waals surface area contributed by atoms with E-state index in [1.165, 1.54) is 19.3 Å². The number of halogens is 4. The smallest absolute Gasteiger partial charge is 0.267 e. The molecule has 0 aliphatic rings. The van der Waals surface area contributed by atoms with Crippen molar-refractivity contribution in [1.82, 2.24) is 14.8 Å². The van der Waals surface area contributed by atoms with Crippen molar-refractivity contribution in [1.29, 1.82) is 0 Å². The van der Waals surface area contributed by atoms with Gasteiger partial charge in [0.15, 0.2) is 5.69 Å². The highest BCUT2D eigenvalue weighted by Crippen LogP contribution is 2.36. The molecule has 0 unspecified atom stereocenters. The molecule has 2 rings (SSSR count). The second kappa shape index (κ2) is 3.10. The predicted molar refractivity (Wildman–Crippen MR) is 48.5 cm³/mol. The van der Waals surface area contributed by atoms with Gasteiger partial charge < -0.3 is 0 Å². The molecule has 0 saturated carbocycles. The van der Waals surface area contributed by atoms with E-state index in [1.54, 1.807) is 0 Å². The van der Waals surface area contributed by atoms with Crippen LogP contribution < -0.4 is 0 Å². The van der Waals surface area contributed by atoms with Gasteiger partial charge >= 0.3 is 6.18 Å². The normalized spacial score (nSPS) is 12.3. The summed E-state index contributed by atoms with van der Waals surface area (Å²) in [5.74, 6) is 0. The molecule has 80 valence electrons. The van der Waals surface area contributed by atoms with Gasteiger partial charge in [-0.3, -0.25) is 4.68 Å². The second-order valence-corrected chi connectivity index (χ2v) is 3.32. The molecule has 0 N–H and O–H groups in total. The third-order valence-electron chi connectivity index (χ3n) is 1.99. The van der Waals surface area contributed by atoms with Crippen LogP contribution in [0.4, 0.5) is 13.2 Å². The Bertz CT molecular complexity index is 518. The first-order valence-corrected chi connectivity index (χ1v) is 4.33. The molecule has 2 aromatic heterocycles. The number of alkyl halides is 3. The quantitative estimate of drug-likeness (QED) is 0.657. The Morgan fingerprint density at radius 3 is 2.67 bits per heavy atom. The number of aromatic nitrogens is 3. The highest BCUT2D eigenvalue weighted by molar-refractivity contribution is 6.34. The van der Waals surface area contributed by atoms with Crippen LogP contribution in [0.15, 0.2) is 12.3 Å². The molecule has 0 aromatic carbocycles. The second-order valence-electron chi connectivity index (χ2n) is 2.97. The predicted octanol–water partition coefficient (Wildman–Crippen LogP) is 2.64. The molecular weight excluding hydrogens is 231 g/mol. The number of hydrogen-bond donors (Lipinski definition) is 0. The Morgan fingerprint density at radius 1 is 1.40 bits per heavy atom. The molecule has 0 saturated heterocycles. The summed E-state index contributed by atoms with van der Waals surface area (Å²) in [5, 5.41) is 3.04. The van der Waals surface area contributed by atoms with Crippen molar-refractivity contribution in [2.45, 2.75) is 6.18 Å². The Labute approximate surface area is 87.5 Å². The van der Waals surface area contributed by atoms with E-state index in [0.717, 1.165) is 4.68 Å². The minimum absolute atomic E-state index is 0.158. The van der Waals surface area contributed by atoms with Gasteiger partial charge in [0.1, 0.15) is 5.15 Å². The van der Waals surface area contributed by atoms with Crippen LogP contribution in [0.5, 0.6) is 0 Å². The Balaban J connectivity index is 2.88. The summed E-state index contributed by atoms with van der Waals surface area (Å²) in [7, 11) is 1.42. The number of nitrogens with zero attached hydrogens (tertiary/aromatic N) is 3. The number of fused-ring (bicyclic) bond motifs is 1. The fourth-order valence-electron chi connectivity index (χ4n) is 1.37. The summed E-state index contributed by atoms with van der Waals surface area (Å²) in [5.41, 5.74) is -0.694. The van der Waals surface area contributed by atoms with Crippen molar-refractivity contribution in [3.63, 3.8) is 0 Å². The van der Waals surface area contributed by atoms with E-state index < -0.39 is 11.9 Å². The summed E-state index contributed by atoms with van der Waals surface area (Å²) in [6.07, 6.45) is -3.18. The lowest BCUT2D eigenvalue weighted by Crippen LogP contribution is -2.07. The molecule has 0 aliphatic heterocycles. The largest absolute Gasteiger partial charge is 0.435 e. The number of pyridine rings is 1. The molecule has 0 aliphatic carbocycles. The topological polar surface area (TPSA) is 30.7 Å². The lowest BCUT2D eigenvalue weighted by Gasteiger charge is -2.02. The van der Waals surface area contributed by atoms with Crippen LogP contribution in [0, 0.1) is 0 Å². The maximum absolute atomic E-state index is 12.5. The molecular formula is C8H5ClF3N3. The molecule has 3 nitrogen and oxygen atoms in total. The molecule has 15 heavy (non-hydrogen) atoms. The first-order chi connectivity index (χ1) is 6.91. The van der Waals surface area contributed by atoms with E-state index >= 15 is 0 Å². The van der Waals surface area contributed by atoms with Crippen LogP contribution in [0.2, 0.25) is 5.15 Å². The zero-order chi connectivity index (χ0) is 11.2. The number of aryl methyl sites for hydroxylation is 1. The van der Waals surface area contributed by atoms with Crippen molar-refractivity contribution >= 4 is 22.5 Å². The van der Waals surface area contributed by atoms with Gasteiger partial charge in [-0.2, -0.15) is 18.3 Å². The van der Waals surface area contributed by atoms with Gasteiger partial charge in [0.25, 0.3) is 0 Å². The molecule has 0 radical (unpaired) electrons. The van der Waals surface area contributed by atoms with Crippen LogP contribution >= 0.6 is 11.6 Å². The minimum Gasteiger partial charge on any atom is -0.267 e. The average molecular weight is 236 g/mol. The zero-order valence-electron chi connectivity index (χ0n) is 7.51. The lowest BCUT2D eigenvalue weighted by atomic mass is 10.2. The minimum atomic E-state index is -4.52. The molecule has 0 spiro atoms. The fraction of sp³-hybridized carbons (Fsp3) is 0.250. The van der Waals surface area contributed by atoms with E-state index in [0.29, 0.717) is 5.52 Å². The molecule has 0 fully saturated rings. The standard InChI is InChI=1S/C8H5ClF3N3/c1-15-4-2-3-13-7(9)5(4)6(14-15)8(10,11)12/h2-3H,1H3. The van der Waals surface area contributed by atoms with Crippen molar-refractivity contribution in [2.75, 3.05) is 0 Å². The molecule has 0 atom stereocenters.